The van der Waals surface area contributed by atoms with Crippen LogP contribution >= 0.6 is 23.2 Å². The Balaban J connectivity index is 1.45. The van der Waals surface area contributed by atoms with Gasteiger partial charge in [-0.1, -0.05) is 41.4 Å². The summed E-state index contributed by atoms with van der Waals surface area (Å²) in [5.41, 5.74) is 0.982. The van der Waals surface area contributed by atoms with Crippen LogP contribution in [0.5, 0.6) is 5.75 Å². The molecule has 0 radical (unpaired) electrons. The molecule has 0 bridgehead atoms. The van der Waals surface area contributed by atoms with Crippen LogP contribution in [-0.2, 0) is 24.1 Å². The number of hydrogen-bond donors (Lipinski definition) is 2. The summed E-state index contributed by atoms with van der Waals surface area (Å²) in [7, 11) is -0.987. The van der Waals surface area contributed by atoms with Gasteiger partial charge in [0.25, 0.3) is 5.91 Å². The number of benzene rings is 2. The van der Waals surface area contributed by atoms with Crippen molar-refractivity contribution in [1.29, 1.82) is 0 Å². The van der Waals surface area contributed by atoms with E-state index in [0.717, 1.165) is 18.6 Å². The van der Waals surface area contributed by atoms with Crippen molar-refractivity contribution in [2.24, 2.45) is 0 Å². The SMILES string of the molecule is CS(=O)N1CCN(CCn2c3ccccc3n3c(=O)c(O)c(C(=O)NCc4ccc(Cl)c(Cl)c4)nc23)CC1. The highest BCUT2D eigenvalue weighted by Gasteiger charge is 2.24. The van der Waals surface area contributed by atoms with Crippen LogP contribution in [0.2, 0.25) is 10.0 Å². The molecule has 0 spiro atoms. The number of nitrogens with one attached hydrogen (secondary N) is 1. The molecule has 1 unspecified atom stereocenters. The van der Waals surface area contributed by atoms with Crippen LogP contribution in [0.3, 0.4) is 0 Å². The monoisotopic (exact) mass is 576 g/mol. The second kappa shape index (κ2) is 11.0. The number of rotatable bonds is 7. The lowest BCUT2D eigenvalue weighted by atomic mass is 10.2. The summed E-state index contributed by atoms with van der Waals surface area (Å²) in [5, 5.41) is 14.1. The Kier molecular flexibility index (Phi) is 7.73. The van der Waals surface area contributed by atoms with E-state index < -0.39 is 28.2 Å². The van der Waals surface area contributed by atoms with Gasteiger partial charge in [0.15, 0.2) is 5.69 Å². The molecule has 38 heavy (non-hydrogen) atoms. The van der Waals surface area contributed by atoms with E-state index >= 15 is 0 Å². The standard InChI is InChI=1S/C25H26Cl2N6O4S/c1-38(37)31-11-8-30(9-12-31)10-13-32-19-4-2-3-5-20(19)33-24(36)22(34)21(29-25(32)33)23(35)28-15-16-6-7-17(26)18(27)14-16/h2-7,14,34H,8-13,15H2,1H3,(H,28,35). The molecule has 2 N–H and O–H groups in total. The van der Waals surface area contributed by atoms with E-state index in [-0.39, 0.29) is 18.0 Å². The summed E-state index contributed by atoms with van der Waals surface area (Å²) >= 11 is 12.0. The highest BCUT2D eigenvalue weighted by molar-refractivity contribution is 7.81. The fourth-order valence-electron chi connectivity index (χ4n) is 4.63. The van der Waals surface area contributed by atoms with Gasteiger partial charge in [0.05, 0.1) is 32.1 Å². The largest absolute Gasteiger partial charge is 0.501 e. The number of para-hydroxylation sites is 2. The van der Waals surface area contributed by atoms with Gasteiger partial charge in [0.1, 0.15) is 0 Å². The number of fused-ring (bicyclic) bond motifs is 3. The van der Waals surface area contributed by atoms with Gasteiger partial charge in [0.2, 0.25) is 11.5 Å². The van der Waals surface area contributed by atoms with Crippen molar-refractivity contribution in [3.63, 3.8) is 0 Å². The van der Waals surface area contributed by atoms with Gasteiger partial charge in [-0.2, -0.15) is 0 Å². The summed E-state index contributed by atoms with van der Waals surface area (Å²) in [6.07, 6.45) is 1.69. The Bertz CT molecular complexity index is 1610. The van der Waals surface area contributed by atoms with Crippen LogP contribution in [-0.4, -0.2) is 77.4 Å². The summed E-state index contributed by atoms with van der Waals surface area (Å²) < 4.78 is 16.9. The molecule has 13 heteroatoms. The van der Waals surface area contributed by atoms with Gasteiger partial charge < -0.3 is 15.0 Å². The first-order chi connectivity index (χ1) is 18.2. The minimum Gasteiger partial charge on any atom is -0.501 e. The minimum absolute atomic E-state index is 0.105. The second-order valence-corrected chi connectivity index (χ2v) is 11.2. The molecule has 0 aliphatic carbocycles. The Morgan fingerprint density at radius 2 is 1.76 bits per heavy atom. The molecule has 3 heterocycles. The first kappa shape index (κ1) is 26.6. The maximum Gasteiger partial charge on any atom is 0.302 e. The van der Waals surface area contributed by atoms with E-state index in [1.165, 1.54) is 4.40 Å². The number of carbonyl (C=O) groups excluding carboxylic acids is 1. The van der Waals surface area contributed by atoms with Gasteiger partial charge in [-0.05, 0) is 29.8 Å². The predicted molar refractivity (Wildman–Crippen MR) is 148 cm³/mol. The lowest BCUT2D eigenvalue weighted by molar-refractivity contribution is 0.0942. The van der Waals surface area contributed by atoms with Crippen LogP contribution in [0.15, 0.2) is 47.3 Å². The number of imidazole rings is 1. The number of piperazine rings is 1. The van der Waals surface area contributed by atoms with E-state index in [1.54, 1.807) is 36.6 Å². The second-order valence-electron chi connectivity index (χ2n) is 9.02. The van der Waals surface area contributed by atoms with E-state index in [1.807, 2.05) is 21.0 Å². The number of hydrogen-bond acceptors (Lipinski definition) is 6. The topological polar surface area (TPSA) is 112 Å². The van der Waals surface area contributed by atoms with Crippen molar-refractivity contribution in [3.8, 4) is 5.75 Å². The molecular weight excluding hydrogens is 551 g/mol. The first-order valence-electron chi connectivity index (χ1n) is 12.0. The van der Waals surface area contributed by atoms with Crippen molar-refractivity contribution >= 4 is 56.9 Å². The summed E-state index contributed by atoms with van der Waals surface area (Å²) in [4.78, 5) is 33.0. The molecule has 200 valence electrons. The fourth-order valence-corrected chi connectivity index (χ4v) is 5.63. The van der Waals surface area contributed by atoms with Crippen LogP contribution in [0.4, 0.5) is 0 Å². The van der Waals surface area contributed by atoms with E-state index in [9.17, 15) is 18.9 Å². The molecular formula is C25H26Cl2N6O4S. The molecule has 4 aromatic rings. The maximum absolute atomic E-state index is 13.2. The van der Waals surface area contributed by atoms with Crippen molar-refractivity contribution < 1.29 is 14.1 Å². The molecule has 1 amide bonds. The highest BCUT2D eigenvalue weighted by atomic mass is 35.5. The van der Waals surface area contributed by atoms with Crippen LogP contribution in [0, 0.1) is 0 Å². The number of carbonyl (C=O) groups is 1. The zero-order valence-electron chi connectivity index (χ0n) is 20.6. The number of nitrogens with zero attached hydrogens (tertiary/aromatic N) is 5. The normalized spacial score (nSPS) is 15.8. The van der Waals surface area contributed by atoms with Crippen LogP contribution in [0.25, 0.3) is 16.8 Å². The molecule has 1 fully saturated rings. The summed E-state index contributed by atoms with van der Waals surface area (Å²) in [6.45, 7) is 4.26. The Morgan fingerprint density at radius 3 is 2.45 bits per heavy atom. The Hall–Kier alpha value is -2.96. The molecule has 1 aliphatic heterocycles. The number of halogens is 2. The van der Waals surface area contributed by atoms with Gasteiger partial charge in [-0.15, -0.1) is 0 Å². The molecule has 2 aromatic heterocycles. The number of amides is 1. The van der Waals surface area contributed by atoms with Gasteiger partial charge in [-0.3, -0.25) is 14.5 Å². The summed E-state index contributed by atoms with van der Waals surface area (Å²) in [5.74, 6) is -1.14. The van der Waals surface area contributed by atoms with Gasteiger partial charge in [0, 0.05) is 52.1 Å². The lowest BCUT2D eigenvalue weighted by Crippen LogP contribution is -2.47. The van der Waals surface area contributed by atoms with Crippen molar-refractivity contribution in [2.45, 2.75) is 13.1 Å². The van der Waals surface area contributed by atoms with E-state index in [4.69, 9.17) is 23.2 Å². The lowest BCUT2D eigenvalue weighted by Gasteiger charge is -2.33. The average Bonchev–Trinajstić information content (AvgIpc) is 3.23. The molecule has 0 saturated carbocycles. The number of aromatic hydroxyl groups is 1. The van der Waals surface area contributed by atoms with Crippen LogP contribution < -0.4 is 10.9 Å². The molecule has 1 atom stereocenters. The highest BCUT2D eigenvalue weighted by Crippen LogP contribution is 2.23. The Morgan fingerprint density at radius 1 is 1.05 bits per heavy atom. The zero-order chi connectivity index (χ0) is 27.0. The molecule has 1 saturated heterocycles. The Labute approximate surface area is 231 Å². The van der Waals surface area contributed by atoms with Gasteiger partial charge >= 0.3 is 5.56 Å². The minimum atomic E-state index is -0.987. The van der Waals surface area contributed by atoms with Crippen LogP contribution in [0.1, 0.15) is 16.1 Å². The third-order valence-corrected chi connectivity index (χ3v) is 8.51. The smallest absolute Gasteiger partial charge is 0.302 e. The van der Waals surface area contributed by atoms with Crippen molar-refractivity contribution in [2.75, 3.05) is 39.0 Å². The molecule has 10 nitrogen and oxygen atoms in total. The molecule has 1 aliphatic rings. The van der Waals surface area contributed by atoms with Gasteiger partial charge in [-0.25, -0.2) is 17.9 Å². The third-order valence-electron chi connectivity index (χ3n) is 6.68. The van der Waals surface area contributed by atoms with E-state index in [0.29, 0.717) is 47.3 Å². The maximum atomic E-state index is 13.2. The zero-order valence-corrected chi connectivity index (χ0v) is 22.9. The van der Waals surface area contributed by atoms with E-state index in [2.05, 4.69) is 15.2 Å². The predicted octanol–water partition coefficient (Wildman–Crippen LogP) is 2.50. The molecule has 5 rings (SSSR count). The average molecular weight is 577 g/mol. The third kappa shape index (κ3) is 5.16. The summed E-state index contributed by atoms with van der Waals surface area (Å²) in [6, 6.07) is 12.3. The first-order valence-corrected chi connectivity index (χ1v) is 14.3. The number of aromatic nitrogens is 3. The molecule has 2 aromatic carbocycles. The van der Waals surface area contributed by atoms with Crippen molar-refractivity contribution in [1.82, 2.24) is 28.5 Å². The quantitative estimate of drug-likeness (QED) is 0.349. The fraction of sp³-hybridized carbons (Fsp3) is 0.320. The van der Waals surface area contributed by atoms with Crippen molar-refractivity contribution in [3.05, 3.63) is 74.1 Å².